The van der Waals surface area contributed by atoms with Gasteiger partial charge in [-0.15, -0.1) is 11.3 Å². The van der Waals surface area contributed by atoms with E-state index in [2.05, 4.69) is 21.8 Å². The van der Waals surface area contributed by atoms with Crippen molar-refractivity contribution in [2.45, 2.75) is 56.5 Å². The number of carbonyl (C=O) groups excluding carboxylic acids is 1. The number of rotatable bonds is 3. The van der Waals surface area contributed by atoms with Crippen molar-refractivity contribution in [3.05, 3.63) is 16.1 Å². The van der Waals surface area contributed by atoms with Crippen LogP contribution in [0.5, 0.6) is 0 Å². The molecule has 1 saturated carbocycles. The number of likely N-dealkylation sites (N-methyl/N-ethyl adjacent to an activating group) is 1. The van der Waals surface area contributed by atoms with E-state index in [0.717, 1.165) is 19.4 Å². The molecule has 1 aromatic heterocycles. The molecule has 5 heteroatoms. The summed E-state index contributed by atoms with van der Waals surface area (Å²) in [5.41, 5.74) is 0.689. The van der Waals surface area contributed by atoms with E-state index in [1.165, 1.54) is 37.2 Å². The van der Waals surface area contributed by atoms with Crippen LogP contribution in [-0.4, -0.2) is 52.9 Å². The molecular weight excluding hydrogens is 282 g/mol. The molecule has 2 aliphatic heterocycles. The minimum Gasteiger partial charge on any atom is -0.333 e. The van der Waals surface area contributed by atoms with Gasteiger partial charge in [0.05, 0.1) is 5.01 Å². The Morgan fingerprint density at radius 2 is 1.95 bits per heavy atom. The van der Waals surface area contributed by atoms with Gasteiger partial charge in [-0.05, 0) is 52.1 Å². The van der Waals surface area contributed by atoms with Gasteiger partial charge in [-0.2, -0.15) is 0 Å². The molecule has 1 aliphatic carbocycles. The lowest BCUT2D eigenvalue weighted by atomic mass is 10.0. The summed E-state index contributed by atoms with van der Waals surface area (Å²) in [6.07, 6.45) is 7.29. The second-order valence-electron chi connectivity index (χ2n) is 6.74. The molecule has 2 atom stereocenters. The average Bonchev–Trinajstić information content (AvgIpc) is 2.93. The molecule has 0 radical (unpaired) electrons. The third kappa shape index (κ3) is 2.50. The molecule has 0 unspecified atom stereocenters. The summed E-state index contributed by atoms with van der Waals surface area (Å²) in [6.45, 7) is 2.08. The van der Waals surface area contributed by atoms with Gasteiger partial charge >= 0.3 is 0 Å². The van der Waals surface area contributed by atoms with Gasteiger partial charge in [-0.3, -0.25) is 4.79 Å². The average molecular weight is 305 g/mol. The zero-order valence-corrected chi connectivity index (χ0v) is 13.4. The summed E-state index contributed by atoms with van der Waals surface area (Å²) in [5.74, 6) is 0.813. The molecular formula is C16H23N3OS. The Kier molecular flexibility index (Phi) is 3.50. The van der Waals surface area contributed by atoms with Gasteiger partial charge in [0.1, 0.15) is 5.69 Å². The molecule has 2 saturated heterocycles. The molecule has 0 spiro atoms. The minimum atomic E-state index is 0.168. The highest BCUT2D eigenvalue weighted by molar-refractivity contribution is 7.10. The van der Waals surface area contributed by atoms with Gasteiger partial charge in [0.2, 0.25) is 0 Å². The van der Waals surface area contributed by atoms with Gasteiger partial charge in [0.25, 0.3) is 5.91 Å². The fourth-order valence-electron chi connectivity index (χ4n) is 3.92. The Bertz CT molecular complexity index is 539. The van der Waals surface area contributed by atoms with E-state index >= 15 is 0 Å². The van der Waals surface area contributed by atoms with Crippen molar-refractivity contribution in [1.29, 1.82) is 0 Å². The van der Waals surface area contributed by atoms with Crippen molar-refractivity contribution >= 4 is 17.2 Å². The number of carbonyl (C=O) groups is 1. The smallest absolute Gasteiger partial charge is 0.273 e. The van der Waals surface area contributed by atoms with Crippen molar-refractivity contribution in [1.82, 2.24) is 14.8 Å². The SMILES string of the molecule is CN1CCC[C@H]1[C@@H]1CCCN1C(=O)c1csc(C2CC2)n1. The maximum absolute atomic E-state index is 12.8. The first kappa shape index (κ1) is 13.7. The van der Waals surface area contributed by atoms with Gasteiger partial charge in [-0.1, -0.05) is 0 Å². The summed E-state index contributed by atoms with van der Waals surface area (Å²) in [7, 11) is 2.20. The molecule has 0 bridgehead atoms. The van der Waals surface area contributed by atoms with Crippen molar-refractivity contribution in [3.8, 4) is 0 Å². The quantitative estimate of drug-likeness (QED) is 0.861. The van der Waals surface area contributed by atoms with Gasteiger partial charge < -0.3 is 9.80 Å². The maximum atomic E-state index is 12.8. The fraction of sp³-hybridized carbons (Fsp3) is 0.750. The van der Waals surface area contributed by atoms with Crippen LogP contribution in [0, 0.1) is 0 Å². The second-order valence-corrected chi connectivity index (χ2v) is 7.63. The van der Waals surface area contributed by atoms with Gasteiger partial charge in [0, 0.05) is 29.9 Å². The monoisotopic (exact) mass is 305 g/mol. The predicted molar refractivity (Wildman–Crippen MR) is 83.8 cm³/mol. The first-order chi connectivity index (χ1) is 10.2. The topological polar surface area (TPSA) is 36.4 Å². The van der Waals surface area contributed by atoms with Crippen molar-refractivity contribution in [2.75, 3.05) is 20.1 Å². The zero-order valence-electron chi connectivity index (χ0n) is 12.6. The first-order valence-corrected chi connectivity index (χ1v) is 9.08. The van der Waals surface area contributed by atoms with Crippen LogP contribution in [0.4, 0.5) is 0 Å². The number of likely N-dealkylation sites (tertiary alicyclic amines) is 2. The lowest BCUT2D eigenvalue weighted by molar-refractivity contribution is 0.0659. The lowest BCUT2D eigenvalue weighted by Gasteiger charge is -2.32. The van der Waals surface area contributed by atoms with Crippen molar-refractivity contribution in [3.63, 3.8) is 0 Å². The maximum Gasteiger partial charge on any atom is 0.273 e. The standard InChI is InChI=1S/C16H23N3OS/c1-18-8-2-4-13(18)14-5-3-9-19(14)16(20)12-10-21-15(17-12)11-6-7-11/h10-11,13-14H,2-9H2,1H3/t13-,14-/m0/s1. The number of amides is 1. The highest BCUT2D eigenvalue weighted by Gasteiger charge is 2.39. The molecule has 3 fully saturated rings. The van der Waals surface area contributed by atoms with E-state index in [1.807, 2.05) is 5.38 Å². The third-order valence-corrected chi connectivity index (χ3v) is 6.26. The van der Waals surface area contributed by atoms with Crippen LogP contribution < -0.4 is 0 Å². The van der Waals surface area contributed by atoms with Crippen LogP contribution in [-0.2, 0) is 0 Å². The second kappa shape index (κ2) is 5.36. The Balaban J connectivity index is 1.51. The van der Waals surface area contributed by atoms with Crippen molar-refractivity contribution < 1.29 is 4.79 Å². The largest absolute Gasteiger partial charge is 0.333 e. The fourth-order valence-corrected chi connectivity index (χ4v) is 4.88. The van der Waals surface area contributed by atoms with Crippen LogP contribution >= 0.6 is 11.3 Å². The summed E-state index contributed by atoms with van der Waals surface area (Å²) < 4.78 is 0. The Labute approximate surface area is 130 Å². The van der Waals surface area contributed by atoms with E-state index in [9.17, 15) is 4.79 Å². The van der Waals surface area contributed by atoms with Gasteiger partial charge in [0.15, 0.2) is 0 Å². The van der Waals surface area contributed by atoms with E-state index in [4.69, 9.17) is 0 Å². The number of hydrogen-bond acceptors (Lipinski definition) is 4. The van der Waals surface area contributed by atoms with Gasteiger partial charge in [-0.25, -0.2) is 4.98 Å². The van der Waals surface area contributed by atoms with E-state index < -0.39 is 0 Å². The number of aromatic nitrogens is 1. The van der Waals surface area contributed by atoms with E-state index in [1.54, 1.807) is 11.3 Å². The molecule has 0 N–H and O–H groups in total. The van der Waals surface area contributed by atoms with Crippen LogP contribution in [0.3, 0.4) is 0 Å². The number of nitrogens with zero attached hydrogens (tertiary/aromatic N) is 3. The molecule has 0 aromatic carbocycles. The van der Waals surface area contributed by atoms with Crippen LogP contribution in [0.25, 0.3) is 0 Å². The Morgan fingerprint density at radius 1 is 1.19 bits per heavy atom. The molecule has 1 amide bonds. The summed E-state index contributed by atoms with van der Waals surface area (Å²) in [4.78, 5) is 22.0. The molecule has 4 nitrogen and oxygen atoms in total. The number of thiazole rings is 1. The first-order valence-electron chi connectivity index (χ1n) is 8.20. The lowest BCUT2D eigenvalue weighted by Crippen LogP contribution is -2.47. The van der Waals surface area contributed by atoms with E-state index in [-0.39, 0.29) is 5.91 Å². The molecule has 3 aliphatic rings. The van der Waals surface area contributed by atoms with Crippen molar-refractivity contribution in [2.24, 2.45) is 0 Å². The molecule has 3 heterocycles. The highest BCUT2D eigenvalue weighted by Crippen LogP contribution is 2.41. The van der Waals surface area contributed by atoms with Crippen LogP contribution in [0.15, 0.2) is 5.38 Å². The molecule has 114 valence electrons. The minimum absolute atomic E-state index is 0.168. The highest BCUT2D eigenvalue weighted by atomic mass is 32.1. The number of hydrogen-bond donors (Lipinski definition) is 0. The summed E-state index contributed by atoms with van der Waals surface area (Å²) in [5, 5.41) is 3.15. The van der Waals surface area contributed by atoms with Crippen LogP contribution in [0.2, 0.25) is 0 Å². The summed E-state index contributed by atoms with van der Waals surface area (Å²) in [6, 6.07) is 0.953. The molecule has 4 rings (SSSR count). The normalized spacial score (nSPS) is 30.2. The zero-order chi connectivity index (χ0) is 14.4. The molecule has 1 aromatic rings. The summed E-state index contributed by atoms with van der Waals surface area (Å²) >= 11 is 1.67. The van der Waals surface area contributed by atoms with Crippen LogP contribution in [0.1, 0.15) is 59.9 Å². The third-order valence-electron chi connectivity index (χ3n) is 5.25. The Morgan fingerprint density at radius 3 is 2.67 bits per heavy atom. The van der Waals surface area contributed by atoms with E-state index in [0.29, 0.717) is 23.7 Å². The molecule has 21 heavy (non-hydrogen) atoms. The predicted octanol–water partition coefficient (Wildman–Crippen LogP) is 2.72. The Hall–Kier alpha value is -0.940.